The molecule has 1 heterocycles. The van der Waals surface area contributed by atoms with Crippen LogP contribution in [0.5, 0.6) is 0 Å². The van der Waals surface area contributed by atoms with Gasteiger partial charge in [0, 0.05) is 43.7 Å². The predicted octanol–water partition coefficient (Wildman–Crippen LogP) is 2.30. The van der Waals surface area contributed by atoms with Crippen molar-refractivity contribution in [2.24, 2.45) is 0 Å². The molecule has 1 amide bonds. The van der Waals surface area contributed by atoms with Crippen molar-refractivity contribution >= 4 is 11.6 Å². The fourth-order valence-corrected chi connectivity index (χ4v) is 1.92. The molecule has 21 heavy (non-hydrogen) atoms. The van der Waals surface area contributed by atoms with Crippen molar-refractivity contribution in [1.29, 1.82) is 0 Å². The number of aromatic nitrogens is 1. The Morgan fingerprint density at radius 3 is 2.67 bits per heavy atom. The van der Waals surface area contributed by atoms with Crippen molar-refractivity contribution < 1.29 is 9.72 Å². The Morgan fingerprint density at radius 1 is 1.29 bits per heavy atom. The predicted molar refractivity (Wildman–Crippen MR) is 78.0 cm³/mol. The number of amides is 1. The van der Waals surface area contributed by atoms with E-state index in [1.165, 1.54) is 18.2 Å². The van der Waals surface area contributed by atoms with Gasteiger partial charge < -0.3 is 4.90 Å². The minimum absolute atomic E-state index is 0.0802. The molecule has 0 N–H and O–H groups in total. The van der Waals surface area contributed by atoms with Crippen molar-refractivity contribution in [3.8, 4) is 0 Å². The molecule has 0 unspecified atom stereocenters. The van der Waals surface area contributed by atoms with Crippen LogP contribution < -0.4 is 0 Å². The number of carbonyl (C=O) groups excluding carboxylic acids is 1. The third kappa shape index (κ3) is 3.85. The van der Waals surface area contributed by atoms with Crippen molar-refractivity contribution in [3.63, 3.8) is 0 Å². The van der Waals surface area contributed by atoms with Crippen molar-refractivity contribution in [1.82, 2.24) is 9.88 Å². The number of rotatable bonds is 5. The number of non-ortho nitro benzene ring substituents is 1. The minimum atomic E-state index is -0.506. The number of nitro benzene ring substituents is 1. The van der Waals surface area contributed by atoms with Gasteiger partial charge >= 0.3 is 0 Å². The second-order valence-corrected chi connectivity index (χ2v) is 4.64. The Hall–Kier alpha value is -2.76. The fourth-order valence-electron chi connectivity index (χ4n) is 1.92. The maximum absolute atomic E-state index is 12.2. The van der Waals surface area contributed by atoms with Gasteiger partial charge in [-0.15, -0.1) is 0 Å². The van der Waals surface area contributed by atoms with E-state index in [4.69, 9.17) is 0 Å². The van der Waals surface area contributed by atoms with Gasteiger partial charge in [-0.3, -0.25) is 19.9 Å². The molecule has 0 fully saturated rings. The summed E-state index contributed by atoms with van der Waals surface area (Å²) in [6.07, 6.45) is 4.12. The standard InChI is InChI=1S/C15H15N3O3/c1-17(10-7-12-5-8-16-9-6-12)15(19)13-3-2-4-14(11-13)18(20)21/h2-6,8-9,11H,7,10H2,1H3. The number of hydrogen-bond donors (Lipinski definition) is 0. The number of nitro groups is 1. The average Bonchev–Trinajstić information content (AvgIpc) is 2.53. The molecule has 1 aromatic heterocycles. The Labute approximate surface area is 122 Å². The molecule has 0 aliphatic carbocycles. The molecule has 0 radical (unpaired) electrons. The second kappa shape index (κ2) is 6.60. The van der Waals surface area contributed by atoms with Crippen LogP contribution in [0.25, 0.3) is 0 Å². The number of hydrogen-bond acceptors (Lipinski definition) is 4. The van der Waals surface area contributed by atoms with Crippen LogP contribution >= 0.6 is 0 Å². The smallest absolute Gasteiger partial charge is 0.270 e. The van der Waals surface area contributed by atoms with E-state index in [2.05, 4.69) is 4.98 Å². The van der Waals surface area contributed by atoms with E-state index >= 15 is 0 Å². The van der Waals surface area contributed by atoms with Gasteiger partial charge in [-0.1, -0.05) is 6.07 Å². The molecule has 0 bridgehead atoms. The van der Waals surface area contributed by atoms with E-state index in [0.717, 1.165) is 5.56 Å². The lowest BCUT2D eigenvalue weighted by Gasteiger charge is -2.17. The zero-order valence-electron chi connectivity index (χ0n) is 11.6. The monoisotopic (exact) mass is 285 g/mol. The van der Waals surface area contributed by atoms with Crippen molar-refractivity contribution in [3.05, 3.63) is 70.0 Å². The van der Waals surface area contributed by atoms with Gasteiger partial charge in [0.05, 0.1) is 4.92 Å². The highest BCUT2D eigenvalue weighted by Crippen LogP contribution is 2.14. The van der Waals surface area contributed by atoms with Gasteiger partial charge in [0.25, 0.3) is 11.6 Å². The number of likely N-dealkylation sites (N-methyl/N-ethyl adjacent to an activating group) is 1. The van der Waals surface area contributed by atoms with E-state index in [1.54, 1.807) is 30.4 Å². The molecule has 0 atom stereocenters. The molecule has 0 spiro atoms. The van der Waals surface area contributed by atoms with E-state index in [1.807, 2.05) is 12.1 Å². The molecular weight excluding hydrogens is 270 g/mol. The lowest BCUT2D eigenvalue weighted by molar-refractivity contribution is -0.384. The molecular formula is C15H15N3O3. The zero-order valence-corrected chi connectivity index (χ0v) is 11.6. The maximum Gasteiger partial charge on any atom is 0.270 e. The quantitative estimate of drug-likeness (QED) is 0.624. The van der Waals surface area contributed by atoms with Gasteiger partial charge in [0.1, 0.15) is 0 Å². The summed E-state index contributed by atoms with van der Waals surface area (Å²) in [6, 6.07) is 9.55. The summed E-state index contributed by atoms with van der Waals surface area (Å²) in [5, 5.41) is 10.7. The van der Waals surface area contributed by atoms with Crippen LogP contribution in [0.4, 0.5) is 5.69 Å². The first-order valence-electron chi connectivity index (χ1n) is 6.47. The first kappa shape index (κ1) is 14.6. The summed E-state index contributed by atoms with van der Waals surface area (Å²) in [5.41, 5.74) is 1.33. The zero-order chi connectivity index (χ0) is 15.2. The lowest BCUT2D eigenvalue weighted by Crippen LogP contribution is -2.28. The van der Waals surface area contributed by atoms with E-state index < -0.39 is 4.92 Å². The normalized spacial score (nSPS) is 10.1. The van der Waals surface area contributed by atoms with Crippen LogP contribution in [-0.4, -0.2) is 34.3 Å². The van der Waals surface area contributed by atoms with Gasteiger partial charge in [0.2, 0.25) is 0 Å². The third-order valence-electron chi connectivity index (χ3n) is 3.14. The van der Waals surface area contributed by atoms with Crippen LogP contribution in [0.2, 0.25) is 0 Å². The average molecular weight is 285 g/mol. The van der Waals surface area contributed by atoms with Gasteiger partial charge in [-0.05, 0) is 30.2 Å². The largest absolute Gasteiger partial charge is 0.341 e. The summed E-state index contributed by atoms with van der Waals surface area (Å²) in [6.45, 7) is 0.533. The summed E-state index contributed by atoms with van der Waals surface area (Å²) in [5.74, 6) is -0.229. The van der Waals surface area contributed by atoms with E-state index in [-0.39, 0.29) is 11.6 Å². The summed E-state index contributed by atoms with van der Waals surface area (Å²) in [7, 11) is 1.68. The second-order valence-electron chi connectivity index (χ2n) is 4.64. The molecule has 0 saturated carbocycles. The lowest BCUT2D eigenvalue weighted by atomic mass is 10.1. The summed E-state index contributed by atoms with van der Waals surface area (Å²) in [4.78, 5) is 27.9. The number of benzene rings is 1. The molecule has 6 heteroatoms. The summed E-state index contributed by atoms with van der Waals surface area (Å²) >= 11 is 0. The molecule has 2 rings (SSSR count). The van der Waals surface area contributed by atoms with Gasteiger partial charge in [-0.25, -0.2) is 0 Å². The van der Waals surface area contributed by atoms with E-state index in [9.17, 15) is 14.9 Å². The first-order valence-corrected chi connectivity index (χ1v) is 6.47. The number of carbonyl (C=O) groups is 1. The SMILES string of the molecule is CN(CCc1ccncc1)C(=O)c1cccc([N+](=O)[O-])c1. The van der Waals surface area contributed by atoms with Gasteiger partial charge in [0.15, 0.2) is 0 Å². The Balaban J connectivity index is 2.02. The molecule has 108 valence electrons. The van der Waals surface area contributed by atoms with Crippen LogP contribution in [-0.2, 0) is 6.42 Å². The van der Waals surface area contributed by atoms with Crippen molar-refractivity contribution in [2.45, 2.75) is 6.42 Å². The highest BCUT2D eigenvalue weighted by Gasteiger charge is 2.15. The molecule has 0 aliphatic rings. The highest BCUT2D eigenvalue weighted by atomic mass is 16.6. The molecule has 1 aromatic carbocycles. The molecule has 6 nitrogen and oxygen atoms in total. The topological polar surface area (TPSA) is 76.3 Å². The number of nitrogens with zero attached hydrogens (tertiary/aromatic N) is 3. The maximum atomic E-state index is 12.2. The summed E-state index contributed by atoms with van der Waals surface area (Å²) < 4.78 is 0. The van der Waals surface area contributed by atoms with E-state index in [0.29, 0.717) is 18.5 Å². The van der Waals surface area contributed by atoms with Gasteiger partial charge in [-0.2, -0.15) is 0 Å². The molecule has 2 aromatic rings. The van der Waals surface area contributed by atoms with Crippen LogP contribution in [0.15, 0.2) is 48.8 Å². The van der Waals surface area contributed by atoms with Crippen LogP contribution in [0.1, 0.15) is 15.9 Å². The first-order chi connectivity index (χ1) is 10.1. The Kier molecular flexibility index (Phi) is 4.61. The fraction of sp³-hybridized carbons (Fsp3) is 0.200. The Bertz CT molecular complexity index is 644. The minimum Gasteiger partial charge on any atom is -0.341 e. The van der Waals surface area contributed by atoms with Crippen LogP contribution in [0, 0.1) is 10.1 Å². The molecule has 0 aliphatic heterocycles. The Morgan fingerprint density at radius 2 is 2.00 bits per heavy atom. The molecule has 0 saturated heterocycles. The number of pyridine rings is 1. The third-order valence-corrected chi connectivity index (χ3v) is 3.14. The highest BCUT2D eigenvalue weighted by molar-refractivity contribution is 5.94. The van der Waals surface area contributed by atoms with Crippen molar-refractivity contribution in [2.75, 3.05) is 13.6 Å². The van der Waals surface area contributed by atoms with Crippen LogP contribution in [0.3, 0.4) is 0 Å².